The quantitative estimate of drug-likeness (QED) is 0.686. The lowest BCUT2D eigenvalue weighted by Crippen LogP contribution is -2.39. The van der Waals surface area contributed by atoms with Gasteiger partial charge in [0.05, 0.1) is 17.8 Å². The first-order valence-corrected chi connectivity index (χ1v) is 5.31. The minimum absolute atomic E-state index is 0.00399. The molecule has 4 nitrogen and oxygen atoms in total. The molecule has 1 aromatic rings. The van der Waals surface area contributed by atoms with E-state index in [9.17, 15) is 4.79 Å². The predicted molar refractivity (Wildman–Crippen MR) is 55.2 cm³/mol. The van der Waals surface area contributed by atoms with Gasteiger partial charge in [-0.2, -0.15) is 0 Å². The number of carbonyl (C=O) groups is 1. The highest BCUT2D eigenvalue weighted by Gasteiger charge is 2.43. The van der Waals surface area contributed by atoms with Gasteiger partial charge in [-0.1, -0.05) is 0 Å². The van der Waals surface area contributed by atoms with Gasteiger partial charge in [0, 0.05) is 0 Å². The highest BCUT2D eigenvalue weighted by molar-refractivity contribution is 7.12. The maximum absolute atomic E-state index is 11.6. The Morgan fingerprint density at radius 3 is 2.86 bits per heavy atom. The van der Waals surface area contributed by atoms with E-state index in [1.165, 1.54) is 11.3 Å². The Kier molecular flexibility index (Phi) is 2.20. The number of carbonyl (C=O) groups excluding carboxylic acids is 1. The van der Waals surface area contributed by atoms with E-state index in [0.717, 1.165) is 12.8 Å². The minimum atomic E-state index is -0.368. The zero-order chi connectivity index (χ0) is 10.2. The third kappa shape index (κ3) is 1.60. The van der Waals surface area contributed by atoms with E-state index in [1.54, 1.807) is 11.4 Å². The number of amides is 1. The molecular weight excluding hydrogens is 200 g/mol. The number of rotatable bonds is 3. The largest absolute Gasteiger partial charge is 0.397 e. The molecule has 0 radical (unpaired) electrons. The van der Waals surface area contributed by atoms with Gasteiger partial charge in [0.15, 0.2) is 0 Å². The first-order chi connectivity index (χ1) is 6.67. The zero-order valence-electron chi connectivity index (χ0n) is 7.62. The SMILES string of the molecule is Nc1ccsc1C(=O)NC1(CO)CC1. The minimum Gasteiger partial charge on any atom is -0.397 e. The lowest BCUT2D eigenvalue weighted by Gasteiger charge is -2.13. The number of thiophene rings is 1. The van der Waals surface area contributed by atoms with Crippen LogP contribution in [-0.2, 0) is 0 Å². The van der Waals surface area contributed by atoms with Crippen LogP contribution in [0.5, 0.6) is 0 Å². The number of aliphatic hydroxyl groups is 1. The second-order valence-electron chi connectivity index (χ2n) is 3.60. The normalized spacial score (nSPS) is 17.8. The van der Waals surface area contributed by atoms with Crippen LogP contribution in [0.2, 0.25) is 0 Å². The van der Waals surface area contributed by atoms with E-state index >= 15 is 0 Å². The van der Waals surface area contributed by atoms with Crippen LogP contribution in [0.3, 0.4) is 0 Å². The summed E-state index contributed by atoms with van der Waals surface area (Å²) >= 11 is 1.32. The van der Waals surface area contributed by atoms with Crippen molar-refractivity contribution in [3.63, 3.8) is 0 Å². The van der Waals surface area contributed by atoms with Crippen molar-refractivity contribution >= 4 is 22.9 Å². The number of hydrogen-bond acceptors (Lipinski definition) is 4. The lowest BCUT2D eigenvalue weighted by atomic mass is 10.2. The number of aliphatic hydroxyl groups excluding tert-OH is 1. The summed E-state index contributed by atoms with van der Waals surface area (Å²) in [6.07, 6.45) is 1.70. The third-order valence-electron chi connectivity index (χ3n) is 2.44. The van der Waals surface area contributed by atoms with Crippen LogP contribution in [0.25, 0.3) is 0 Å². The molecular formula is C9H12N2O2S. The maximum Gasteiger partial charge on any atom is 0.263 e. The first-order valence-electron chi connectivity index (χ1n) is 4.43. The molecule has 0 saturated heterocycles. The van der Waals surface area contributed by atoms with E-state index in [-0.39, 0.29) is 18.1 Å². The van der Waals surface area contributed by atoms with Crippen LogP contribution >= 0.6 is 11.3 Å². The number of nitrogens with two attached hydrogens (primary N) is 1. The summed E-state index contributed by atoms with van der Waals surface area (Å²) in [4.78, 5) is 12.2. The molecule has 0 spiro atoms. The molecule has 1 heterocycles. The number of nitrogens with one attached hydrogen (secondary N) is 1. The van der Waals surface area contributed by atoms with Crippen molar-refractivity contribution in [1.29, 1.82) is 0 Å². The van der Waals surface area contributed by atoms with Crippen molar-refractivity contribution in [2.75, 3.05) is 12.3 Å². The molecule has 0 aromatic carbocycles. The van der Waals surface area contributed by atoms with Crippen LogP contribution in [0, 0.1) is 0 Å². The molecule has 76 valence electrons. The van der Waals surface area contributed by atoms with Gasteiger partial charge >= 0.3 is 0 Å². The van der Waals surface area contributed by atoms with E-state index in [4.69, 9.17) is 10.8 Å². The van der Waals surface area contributed by atoms with E-state index < -0.39 is 0 Å². The smallest absolute Gasteiger partial charge is 0.263 e. The van der Waals surface area contributed by atoms with Gasteiger partial charge < -0.3 is 16.2 Å². The Morgan fingerprint density at radius 2 is 2.43 bits per heavy atom. The monoisotopic (exact) mass is 212 g/mol. The van der Waals surface area contributed by atoms with Gasteiger partial charge in [0.25, 0.3) is 5.91 Å². The summed E-state index contributed by atoms with van der Waals surface area (Å²) in [5, 5.41) is 13.6. The van der Waals surface area contributed by atoms with Crippen molar-refractivity contribution in [2.45, 2.75) is 18.4 Å². The molecule has 1 amide bonds. The van der Waals surface area contributed by atoms with Crippen LogP contribution < -0.4 is 11.1 Å². The molecule has 2 rings (SSSR count). The Hall–Kier alpha value is -1.07. The second-order valence-corrected chi connectivity index (χ2v) is 4.51. The van der Waals surface area contributed by atoms with Crippen molar-refractivity contribution in [3.8, 4) is 0 Å². The van der Waals surface area contributed by atoms with Crippen molar-refractivity contribution in [2.24, 2.45) is 0 Å². The Balaban J connectivity index is 2.07. The maximum atomic E-state index is 11.6. The molecule has 1 aliphatic rings. The molecule has 1 fully saturated rings. The standard InChI is InChI=1S/C9H12N2O2S/c10-6-1-4-14-7(6)8(13)11-9(5-12)2-3-9/h1,4,12H,2-3,5,10H2,(H,11,13). The fourth-order valence-electron chi connectivity index (χ4n) is 1.27. The van der Waals surface area contributed by atoms with Gasteiger partial charge in [-0.3, -0.25) is 4.79 Å². The second kappa shape index (κ2) is 3.25. The molecule has 14 heavy (non-hydrogen) atoms. The van der Waals surface area contributed by atoms with Gasteiger partial charge in [0.1, 0.15) is 4.88 Å². The molecule has 0 atom stereocenters. The highest BCUT2D eigenvalue weighted by Crippen LogP contribution is 2.35. The van der Waals surface area contributed by atoms with E-state index in [2.05, 4.69) is 5.32 Å². The van der Waals surface area contributed by atoms with Crippen molar-refractivity contribution in [3.05, 3.63) is 16.3 Å². The lowest BCUT2D eigenvalue weighted by molar-refractivity contribution is 0.0912. The van der Waals surface area contributed by atoms with Crippen LogP contribution in [0.15, 0.2) is 11.4 Å². The highest BCUT2D eigenvalue weighted by atomic mass is 32.1. The fourth-order valence-corrected chi connectivity index (χ4v) is 1.99. The Morgan fingerprint density at radius 1 is 1.71 bits per heavy atom. The molecule has 1 aliphatic carbocycles. The van der Waals surface area contributed by atoms with Gasteiger partial charge in [-0.15, -0.1) is 11.3 Å². The molecule has 4 N–H and O–H groups in total. The summed E-state index contributed by atoms with van der Waals surface area (Å²) in [5.74, 6) is -0.177. The Labute approximate surface area is 85.7 Å². The fraction of sp³-hybridized carbons (Fsp3) is 0.444. The summed E-state index contributed by atoms with van der Waals surface area (Å²) in [6.45, 7) is 0.00399. The summed E-state index contributed by atoms with van der Waals surface area (Å²) < 4.78 is 0. The Bertz CT molecular complexity index is 357. The topological polar surface area (TPSA) is 75.4 Å². The average molecular weight is 212 g/mol. The van der Waals surface area contributed by atoms with Crippen molar-refractivity contribution in [1.82, 2.24) is 5.32 Å². The van der Waals surface area contributed by atoms with Crippen molar-refractivity contribution < 1.29 is 9.90 Å². The molecule has 1 aromatic heterocycles. The summed E-state index contributed by atoms with van der Waals surface area (Å²) in [7, 11) is 0. The van der Waals surface area contributed by atoms with E-state index in [0.29, 0.717) is 10.6 Å². The number of hydrogen-bond donors (Lipinski definition) is 3. The summed E-state index contributed by atoms with van der Waals surface area (Å²) in [5.41, 5.74) is 5.74. The molecule has 0 unspecified atom stereocenters. The van der Waals surface area contributed by atoms with Crippen LogP contribution in [0.4, 0.5) is 5.69 Å². The molecule has 0 bridgehead atoms. The molecule has 1 saturated carbocycles. The average Bonchev–Trinajstić information content (AvgIpc) is 2.80. The van der Waals surface area contributed by atoms with Gasteiger partial charge in [-0.25, -0.2) is 0 Å². The van der Waals surface area contributed by atoms with Gasteiger partial charge in [-0.05, 0) is 24.3 Å². The third-order valence-corrected chi connectivity index (χ3v) is 3.37. The zero-order valence-corrected chi connectivity index (χ0v) is 8.43. The van der Waals surface area contributed by atoms with Crippen LogP contribution in [-0.4, -0.2) is 23.2 Å². The number of anilines is 1. The predicted octanol–water partition coefficient (Wildman–Crippen LogP) is 0.585. The van der Waals surface area contributed by atoms with Crippen LogP contribution in [0.1, 0.15) is 22.5 Å². The molecule has 5 heteroatoms. The molecule has 0 aliphatic heterocycles. The van der Waals surface area contributed by atoms with Gasteiger partial charge in [0.2, 0.25) is 0 Å². The number of nitrogen functional groups attached to an aromatic ring is 1. The summed E-state index contributed by atoms with van der Waals surface area (Å²) in [6, 6.07) is 1.71. The first kappa shape index (κ1) is 9.48. The van der Waals surface area contributed by atoms with E-state index in [1.807, 2.05) is 0 Å².